The number of carbonyl (C=O) groups is 1. The van der Waals surface area contributed by atoms with Crippen LogP contribution in [-0.2, 0) is 6.54 Å². The number of pyridine rings is 1. The Bertz CT molecular complexity index is 1120. The molecule has 5 nitrogen and oxygen atoms in total. The van der Waals surface area contributed by atoms with Gasteiger partial charge in [0.25, 0.3) is 5.91 Å². The lowest BCUT2D eigenvalue weighted by Gasteiger charge is -2.11. The molecule has 4 rings (SSSR count). The number of carbonyl (C=O) groups excluding carboxylic acids is 1. The van der Waals surface area contributed by atoms with E-state index in [1.807, 2.05) is 47.8 Å². The summed E-state index contributed by atoms with van der Waals surface area (Å²) in [7, 11) is 0. The lowest BCUT2D eigenvalue weighted by Crippen LogP contribution is -2.29. The fourth-order valence-electron chi connectivity index (χ4n) is 2.88. The number of amides is 1. The van der Waals surface area contributed by atoms with E-state index in [4.69, 9.17) is 11.6 Å². The number of rotatable bonds is 6. The van der Waals surface area contributed by atoms with E-state index < -0.39 is 0 Å². The second kappa shape index (κ2) is 8.29. The van der Waals surface area contributed by atoms with Crippen molar-refractivity contribution in [3.63, 3.8) is 0 Å². The topological polar surface area (TPSA) is 66.1 Å². The quantitative estimate of drug-likeness (QED) is 0.378. The van der Waals surface area contributed by atoms with Crippen molar-refractivity contribution in [2.75, 3.05) is 10.7 Å². The molecule has 2 heterocycles. The molecular formula is C21H17ClN4OS. The normalized spacial score (nSPS) is 10.6. The molecular weight excluding hydrogens is 392 g/mol. The number of hydrazine groups is 1. The third-order valence-electron chi connectivity index (χ3n) is 4.23. The Morgan fingerprint density at radius 2 is 1.96 bits per heavy atom. The van der Waals surface area contributed by atoms with Gasteiger partial charge in [-0.15, -0.1) is 11.3 Å². The number of nitrogens with zero attached hydrogens (tertiary/aromatic N) is 1. The van der Waals surface area contributed by atoms with Crippen molar-refractivity contribution in [2.24, 2.45) is 0 Å². The van der Waals surface area contributed by atoms with Gasteiger partial charge in [0.05, 0.1) is 16.9 Å². The summed E-state index contributed by atoms with van der Waals surface area (Å²) in [4.78, 5) is 17.6. The van der Waals surface area contributed by atoms with Crippen LogP contribution in [0.5, 0.6) is 0 Å². The van der Waals surface area contributed by atoms with E-state index in [9.17, 15) is 4.79 Å². The lowest BCUT2D eigenvalue weighted by atomic mass is 10.1. The third-order valence-corrected chi connectivity index (χ3v) is 5.37. The summed E-state index contributed by atoms with van der Waals surface area (Å²) >= 11 is 7.34. The zero-order valence-electron chi connectivity index (χ0n) is 14.8. The Labute approximate surface area is 171 Å². The van der Waals surface area contributed by atoms with Crippen molar-refractivity contribution in [2.45, 2.75) is 6.54 Å². The molecule has 4 aromatic rings. The molecule has 0 saturated carbocycles. The van der Waals surface area contributed by atoms with Gasteiger partial charge in [-0.3, -0.25) is 20.6 Å². The lowest BCUT2D eigenvalue weighted by molar-refractivity contribution is 0.0967. The molecule has 2 aromatic heterocycles. The number of hydrogen-bond acceptors (Lipinski definition) is 5. The van der Waals surface area contributed by atoms with Crippen LogP contribution in [0.1, 0.15) is 15.2 Å². The largest absolute Gasteiger partial charge is 0.380 e. The monoisotopic (exact) mass is 408 g/mol. The Morgan fingerprint density at radius 1 is 1.07 bits per heavy atom. The first-order chi connectivity index (χ1) is 13.7. The fourth-order valence-corrected chi connectivity index (χ4v) is 3.83. The molecule has 0 bridgehead atoms. The molecule has 0 atom stereocenters. The molecule has 0 aliphatic heterocycles. The highest BCUT2D eigenvalue weighted by Crippen LogP contribution is 2.24. The number of benzene rings is 2. The zero-order valence-corrected chi connectivity index (χ0v) is 16.3. The molecule has 1 amide bonds. The molecule has 0 unspecified atom stereocenters. The maximum absolute atomic E-state index is 12.6. The van der Waals surface area contributed by atoms with Gasteiger partial charge in [-0.2, -0.15) is 0 Å². The van der Waals surface area contributed by atoms with E-state index >= 15 is 0 Å². The fraction of sp³-hybridized carbons (Fsp3) is 0.0476. The molecule has 2 aromatic carbocycles. The molecule has 0 fully saturated rings. The van der Waals surface area contributed by atoms with Gasteiger partial charge in [0, 0.05) is 23.2 Å². The van der Waals surface area contributed by atoms with E-state index in [0.29, 0.717) is 16.4 Å². The number of para-hydroxylation sites is 1. The van der Waals surface area contributed by atoms with Crippen LogP contribution in [0.3, 0.4) is 0 Å². The highest BCUT2D eigenvalue weighted by molar-refractivity contribution is 7.12. The van der Waals surface area contributed by atoms with Crippen molar-refractivity contribution in [3.05, 3.63) is 87.7 Å². The van der Waals surface area contributed by atoms with E-state index in [1.54, 1.807) is 18.3 Å². The maximum atomic E-state index is 12.6. The maximum Gasteiger partial charge on any atom is 0.281 e. The minimum absolute atomic E-state index is 0.211. The van der Waals surface area contributed by atoms with E-state index in [0.717, 1.165) is 27.8 Å². The molecule has 28 heavy (non-hydrogen) atoms. The van der Waals surface area contributed by atoms with Crippen molar-refractivity contribution in [3.8, 4) is 0 Å². The van der Waals surface area contributed by atoms with E-state index in [1.165, 1.54) is 11.3 Å². The van der Waals surface area contributed by atoms with Crippen LogP contribution in [0.25, 0.3) is 10.9 Å². The van der Waals surface area contributed by atoms with Crippen LogP contribution < -0.4 is 16.2 Å². The first kappa shape index (κ1) is 18.3. The van der Waals surface area contributed by atoms with Crippen molar-refractivity contribution < 1.29 is 4.79 Å². The number of thiophene rings is 1. The number of halogens is 1. The summed E-state index contributed by atoms with van der Waals surface area (Å²) < 4.78 is 0. The molecule has 0 aliphatic rings. The van der Waals surface area contributed by atoms with Crippen LogP contribution in [0.15, 0.2) is 72.2 Å². The van der Waals surface area contributed by atoms with Crippen molar-refractivity contribution >= 4 is 51.1 Å². The summed E-state index contributed by atoms with van der Waals surface area (Å²) in [6.07, 6.45) is 1.80. The molecule has 3 N–H and O–H groups in total. The molecule has 0 radical (unpaired) electrons. The molecule has 0 spiro atoms. The molecule has 140 valence electrons. The first-order valence-electron chi connectivity index (χ1n) is 8.66. The van der Waals surface area contributed by atoms with Gasteiger partial charge in [-0.05, 0) is 47.3 Å². The van der Waals surface area contributed by atoms with Crippen LogP contribution in [-0.4, -0.2) is 10.9 Å². The number of aromatic nitrogens is 1. The van der Waals surface area contributed by atoms with Crippen LogP contribution >= 0.6 is 22.9 Å². The number of nitrogens with one attached hydrogen (secondary N) is 3. The summed E-state index contributed by atoms with van der Waals surface area (Å²) in [5.74, 6) is -0.211. The summed E-state index contributed by atoms with van der Waals surface area (Å²) in [6, 6.07) is 19.1. The summed E-state index contributed by atoms with van der Waals surface area (Å²) in [6.45, 7) is 0.599. The van der Waals surface area contributed by atoms with Crippen LogP contribution in [0.4, 0.5) is 11.4 Å². The van der Waals surface area contributed by atoms with Gasteiger partial charge in [0.2, 0.25) is 0 Å². The highest BCUT2D eigenvalue weighted by atomic mass is 35.5. The van der Waals surface area contributed by atoms with Crippen LogP contribution in [0.2, 0.25) is 5.02 Å². The second-order valence-electron chi connectivity index (χ2n) is 6.09. The molecule has 7 heteroatoms. The Kier molecular flexibility index (Phi) is 5.41. The predicted molar refractivity (Wildman–Crippen MR) is 116 cm³/mol. The van der Waals surface area contributed by atoms with Gasteiger partial charge in [-0.25, -0.2) is 0 Å². The van der Waals surface area contributed by atoms with Crippen LogP contribution in [0, 0.1) is 0 Å². The smallest absolute Gasteiger partial charge is 0.281 e. The zero-order chi connectivity index (χ0) is 19.3. The van der Waals surface area contributed by atoms with Crippen molar-refractivity contribution in [1.29, 1.82) is 0 Å². The average Bonchev–Trinajstić information content (AvgIpc) is 3.19. The summed E-state index contributed by atoms with van der Waals surface area (Å²) in [5, 5.41) is 6.95. The first-order valence-corrected chi connectivity index (χ1v) is 9.92. The Balaban J connectivity index is 1.44. The average molecular weight is 409 g/mol. The third kappa shape index (κ3) is 4.08. The number of fused-ring (bicyclic) bond motifs is 1. The van der Waals surface area contributed by atoms with Gasteiger partial charge >= 0.3 is 0 Å². The van der Waals surface area contributed by atoms with E-state index in [2.05, 4.69) is 27.2 Å². The van der Waals surface area contributed by atoms with Gasteiger partial charge < -0.3 is 5.32 Å². The molecule has 0 aliphatic carbocycles. The Hall–Kier alpha value is -3.09. The minimum atomic E-state index is -0.211. The van der Waals surface area contributed by atoms with E-state index in [-0.39, 0.29) is 5.91 Å². The number of anilines is 2. The predicted octanol–water partition coefficient (Wildman–Crippen LogP) is 5.32. The number of hydrogen-bond donors (Lipinski definition) is 3. The van der Waals surface area contributed by atoms with Crippen molar-refractivity contribution in [1.82, 2.24) is 10.4 Å². The second-order valence-corrected chi connectivity index (χ2v) is 7.45. The highest BCUT2D eigenvalue weighted by Gasteiger charge is 2.13. The van der Waals surface area contributed by atoms with Gasteiger partial charge in [0.1, 0.15) is 4.88 Å². The van der Waals surface area contributed by atoms with Gasteiger partial charge in [0.15, 0.2) is 0 Å². The van der Waals surface area contributed by atoms with Gasteiger partial charge in [-0.1, -0.05) is 35.9 Å². The summed E-state index contributed by atoms with van der Waals surface area (Å²) in [5.41, 5.74) is 9.18. The SMILES string of the molecule is O=C(NNc1cccc(Cl)c1)c1sccc1NCc1ccnc2ccccc12. The standard InChI is InChI=1S/C21H17ClN4OS/c22-15-4-3-5-16(12-15)25-26-21(27)20-19(9-11-28-20)24-13-14-8-10-23-18-7-2-1-6-17(14)18/h1-12,24-25H,13H2,(H,26,27). The Morgan fingerprint density at radius 3 is 2.86 bits per heavy atom. The molecule has 0 saturated heterocycles. The minimum Gasteiger partial charge on any atom is -0.380 e.